The van der Waals surface area contributed by atoms with E-state index in [4.69, 9.17) is 23.4 Å². The van der Waals surface area contributed by atoms with Crippen molar-refractivity contribution in [1.82, 2.24) is 0 Å². The summed E-state index contributed by atoms with van der Waals surface area (Å²) in [5, 5.41) is 11.2. The normalized spacial score (nSPS) is 14.4. The number of hydrogen-bond donors (Lipinski definition) is 1. The fraction of sp³-hybridized carbons (Fsp3) is 0.258. The lowest BCUT2D eigenvalue weighted by Gasteiger charge is -2.28. The number of phenols is 1. The van der Waals surface area contributed by atoms with Gasteiger partial charge in [-0.1, -0.05) is 18.2 Å². The average molecular weight is 545 g/mol. The summed E-state index contributed by atoms with van der Waals surface area (Å²) in [7, 11) is 3.15. The first kappa shape index (κ1) is 26.8. The Hall–Kier alpha value is -4.79. The monoisotopic (exact) mass is 544 g/mol. The number of esters is 1. The van der Waals surface area contributed by atoms with E-state index in [1.807, 2.05) is 24.3 Å². The van der Waals surface area contributed by atoms with E-state index in [2.05, 4.69) is 0 Å². The van der Waals surface area contributed by atoms with Gasteiger partial charge in [0.1, 0.15) is 22.6 Å². The third-order valence-corrected chi connectivity index (χ3v) is 7.03. The van der Waals surface area contributed by atoms with Crippen LogP contribution in [0.1, 0.15) is 51.9 Å². The number of carbonyl (C=O) groups is 2. The van der Waals surface area contributed by atoms with Gasteiger partial charge in [0.2, 0.25) is 0 Å². The Morgan fingerprint density at radius 2 is 1.77 bits per heavy atom. The highest BCUT2D eigenvalue weighted by Crippen LogP contribution is 2.50. The van der Waals surface area contributed by atoms with Crippen LogP contribution in [0.15, 0.2) is 57.7 Å². The van der Waals surface area contributed by atoms with Gasteiger partial charge in [0.15, 0.2) is 23.0 Å². The van der Waals surface area contributed by atoms with Gasteiger partial charge in [-0.15, -0.1) is 0 Å². The molecule has 0 radical (unpaired) electrons. The zero-order chi connectivity index (χ0) is 28.6. The van der Waals surface area contributed by atoms with Crippen LogP contribution in [-0.2, 0) is 11.2 Å². The molecule has 40 heavy (non-hydrogen) atoms. The van der Waals surface area contributed by atoms with Crippen LogP contribution in [0.5, 0.6) is 28.7 Å². The summed E-state index contributed by atoms with van der Waals surface area (Å²) in [6, 6.07) is 14.2. The molecular weight excluding hydrogens is 516 g/mol. The Labute approximate surface area is 229 Å². The van der Waals surface area contributed by atoms with Gasteiger partial charge in [-0.05, 0) is 54.8 Å². The molecule has 0 amide bonds. The van der Waals surface area contributed by atoms with Crippen LogP contribution in [0.3, 0.4) is 0 Å². The summed E-state index contributed by atoms with van der Waals surface area (Å²) in [6.07, 6.45) is 0.547. The second-order valence-corrected chi connectivity index (χ2v) is 9.56. The molecule has 1 aliphatic rings. The van der Waals surface area contributed by atoms with Gasteiger partial charge in [-0.3, -0.25) is 9.59 Å². The topological polar surface area (TPSA) is 122 Å². The van der Waals surface area contributed by atoms with Crippen molar-refractivity contribution in [2.75, 3.05) is 20.8 Å². The number of fused-ring (bicyclic) bond motifs is 3. The standard InChI is InChI=1S/C31H28O9/c1-16-13-24(33)39-30-26(16)29(35)27(17(2)32)31-28(30)21(15-25(34)40-31)19-7-10-22(37-4)23(14-19)38-12-11-18-5-8-20(36-3)9-6-18/h5-10,13-14,21,35H,11-12,15H2,1-4H3/t21-/m0/s1. The minimum atomic E-state index is -0.655. The van der Waals surface area contributed by atoms with Gasteiger partial charge < -0.3 is 28.5 Å². The van der Waals surface area contributed by atoms with E-state index in [0.717, 1.165) is 11.3 Å². The van der Waals surface area contributed by atoms with Crippen LogP contribution >= 0.6 is 0 Å². The van der Waals surface area contributed by atoms with Gasteiger partial charge in [-0.2, -0.15) is 0 Å². The first-order valence-electron chi connectivity index (χ1n) is 12.7. The highest BCUT2D eigenvalue weighted by Gasteiger charge is 2.37. The molecule has 1 aliphatic heterocycles. The maximum absolute atomic E-state index is 12.8. The second-order valence-electron chi connectivity index (χ2n) is 9.56. The molecule has 0 aliphatic carbocycles. The molecular formula is C31H28O9. The quantitative estimate of drug-likeness (QED) is 0.140. The van der Waals surface area contributed by atoms with Crippen molar-refractivity contribution >= 4 is 22.7 Å². The number of hydrogen-bond acceptors (Lipinski definition) is 9. The summed E-state index contributed by atoms with van der Waals surface area (Å²) >= 11 is 0. The van der Waals surface area contributed by atoms with Gasteiger partial charge in [-0.25, -0.2) is 4.79 Å². The highest BCUT2D eigenvalue weighted by molar-refractivity contribution is 6.09. The Bertz CT molecular complexity index is 1680. The van der Waals surface area contributed by atoms with E-state index in [-0.39, 0.29) is 28.7 Å². The van der Waals surface area contributed by atoms with E-state index in [1.54, 1.807) is 32.2 Å². The van der Waals surface area contributed by atoms with Crippen molar-refractivity contribution < 1.29 is 38.1 Å². The van der Waals surface area contributed by atoms with Gasteiger partial charge in [0.25, 0.3) is 0 Å². The van der Waals surface area contributed by atoms with E-state index in [0.29, 0.717) is 41.2 Å². The molecule has 1 aromatic heterocycles. The molecule has 5 rings (SSSR count). The van der Waals surface area contributed by atoms with Crippen molar-refractivity contribution in [3.05, 3.63) is 86.8 Å². The molecule has 2 heterocycles. The van der Waals surface area contributed by atoms with Crippen molar-refractivity contribution in [3.8, 4) is 28.7 Å². The maximum atomic E-state index is 12.8. The lowest BCUT2D eigenvalue weighted by Crippen LogP contribution is -2.24. The van der Waals surface area contributed by atoms with Crippen molar-refractivity contribution in [2.45, 2.75) is 32.6 Å². The number of Topliss-reactive ketones (excluding diaryl/α,β-unsaturated/α-hetero) is 1. The summed E-state index contributed by atoms with van der Waals surface area (Å²) < 4.78 is 27.9. The number of methoxy groups -OCH3 is 2. The van der Waals surface area contributed by atoms with E-state index in [1.165, 1.54) is 20.1 Å². The third kappa shape index (κ3) is 4.86. The van der Waals surface area contributed by atoms with Gasteiger partial charge >= 0.3 is 11.6 Å². The third-order valence-electron chi connectivity index (χ3n) is 7.03. The molecule has 1 N–H and O–H groups in total. The lowest BCUT2D eigenvalue weighted by atomic mass is 9.82. The Morgan fingerprint density at radius 1 is 1.02 bits per heavy atom. The fourth-order valence-electron chi connectivity index (χ4n) is 5.12. The zero-order valence-electron chi connectivity index (χ0n) is 22.5. The fourth-order valence-corrected chi connectivity index (χ4v) is 5.12. The predicted octanol–water partition coefficient (Wildman–Crippen LogP) is 5.09. The number of ketones is 1. The van der Waals surface area contributed by atoms with Crippen molar-refractivity contribution in [3.63, 3.8) is 0 Å². The van der Waals surface area contributed by atoms with Crippen LogP contribution in [0.4, 0.5) is 0 Å². The molecule has 0 saturated carbocycles. The summed E-state index contributed by atoms with van der Waals surface area (Å²) in [4.78, 5) is 37.8. The van der Waals surface area contributed by atoms with Crippen LogP contribution in [0.2, 0.25) is 0 Å². The maximum Gasteiger partial charge on any atom is 0.336 e. The zero-order valence-corrected chi connectivity index (χ0v) is 22.5. The number of benzene rings is 3. The molecule has 4 aromatic rings. The van der Waals surface area contributed by atoms with Gasteiger partial charge in [0.05, 0.1) is 32.6 Å². The SMILES string of the molecule is COc1ccc(CCOc2cc([C@@H]3CC(=O)Oc4c(C(C)=O)c(O)c5c(C)cc(=O)oc5c43)ccc2OC)cc1. The minimum absolute atomic E-state index is 0.0674. The molecule has 206 valence electrons. The molecule has 0 bridgehead atoms. The van der Waals surface area contributed by atoms with Crippen LogP contribution < -0.4 is 24.6 Å². The Balaban J connectivity index is 1.59. The average Bonchev–Trinajstić information content (AvgIpc) is 2.92. The molecule has 0 saturated heterocycles. The van der Waals surface area contributed by atoms with Crippen LogP contribution in [0.25, 0.3) is 11.0 Å². The number of carbonyl (C=O) groups excluding carboxylic acids is 2. The predicted molar refractivity (Wildman–Crippen MR) is 146 cm³/mol. The molecule has 3 aromatic carbocycles. The largest absolute Gasteiger partial charge is 0.506 e. The summed E-state index contributed by atoms with van der Waals surface area (Å²) in [5.41, 5.74) is 1.79. The van der Waals surface area contributed by atoms with Gasteiger partial charge in [0, 0.05) is 24.0 Å². The van der Waals surface area contributed by atoms with E-state index < -0.39 is 29.0 Å². The number of aryl methyl sites for hydroxylation is 1. The highest BCUT2D eigenvalue weighted by atomic mass is 16.5. The molecule has 1 atom stereocenters. The second kappa shape index (κ2) is 10.8. The lowest BCUT2D eigenvalue weighted by molar-refractivity contribution is -0.135. The van der Waals surface area contributed by atoms with Crippen molar-refractivity contribution in [1.29, 1.82) is 0 Å². The molecule has 0 spiro atoms. The molecule has 0 fully saturated rings. The van der Waals surface area contributed by atoms with Crippen molar-refractivity contribution in [2.24, 2.45) is 0 Å². The van der Waals surface area contributed by atoms with Crippen LogP contribution in [0, 0.1) is 6.92 Å². The first-order valence-corrected chi connectivity index (χ1v) is 12.7. The number of phenolic OH excluding ortho intramolecular Hbond substituents is 1. The summed E-state index contributed by atoms with van der Waals surface area (Å²) in [5.74, 6) is -0.514. The number of rotatable bonds is 8. The number of ether oxygens (including phenoxy) is 4. The Morgan fingerprint density at radius 3 is 2.45 bits per heavy atom. The minimum Gasteiger partial charge on any atom is -0.506 e. The Kier molecular flexibility index (Phi) is 7.21. The first-order chi connectivity index (χ1) is 19.2. The number of aromatic hydroxyl groups is 1. The molecule has 9 nitrogen and oxygen atoms in total. The molecule has 9 heteroatoms. The molecule has 0 unspecified atom stereocenters. The van der Waals surface area contributed by atoms with E-state index in [9.17, 15) is 19.5 Å². The summed E-state index contributed by atoms with van der Waals surface area (Å²) in [6.45, 7) is 3.27. The van der Waals surface area contributed by atoms with E-state index >= 15 is 0 Å². The van der Waals surface area contributed by atoms with Crippen LogP contribution in [-0.4, -0.2) is 37.7 Å². The smallest absolute Gasteiger partial charge is 0.336 e.